The highest BCUT2D eigenvalue weighted by atomic mass is 16.8. The molecule has 0 aromatic rings. The fourth-order valence-corrected chi connectivity index (χ4v) is 17.4. The molecule has 4 amide bonds. The first-order chi connectivity index (χ1) is 62.9. The lowest BCUT2D eigenvalue weighted by Crippen LogP contribution is -2.71. The normalized spacial score (nSPS) is 50.1. The Morgan fingerprint density at radius 2 is 0.459 bits per heavy atom. The smallest absolute Gasteiger partial charge is 0.217 e. The molecule has 11 aliphatic heterocycles. The van der Waals surface area contributed by atoms with Gasteiger partial charge in [-0.1, -0.05) is 0 Å². The first kappa shape index (κ1) is 109. The summed E-state index contributed by atoms with van der Waals surface area (Å²) in [6.07, 6.45) is -105. The molecule has 0 aromatic carbocycles. The Hall–Kier alpha value is -4.16. The summed E-state index contributed by atoms with van der Waals surface area (Å²) in [5.41, 5.74) is 0. The standard InChI is InChI=1S/C74H124N4O55/c1-16-35(92)45(102)50(107)69(114-16)133-63-47(104)37(94)22(7-80)120-74(63)128-57-29(14-87)123-67(33(44(57)101)77-19(4)90)131-62-41(98)30(124-73(54(62)111)127-58-26(11-84)115-64(112)49(106)48(58)105)15-113-65-31(75-17(2)88)42(99)55(27(12-85)121-65)125-71-52(109)60(39(96)24(9-82)118-71)130-66-32(76-18(3)89)43(100)56(28(13-86)122-66)126-72-53(110)61(40(97)25(10-83)119-72)132-68-34(78-20(5)91)59(38(95)23(8-81)116-68)129-70-51(108)46(103)36(93)21(6-79)117-70/h16,21-74,79-87,92-112H,6-15H2,1-5H3,(H,75,88)(H,76,89)(H,77,90)(H,78,91)/t16-,21+,22+,23+,24+,25+,26+,27+,28+,29+,30+,31+,32+,33+,34+,35+,36-,37-,38+,39-,40-,41-,42+,43+,44+,45+,46-,47-,48+,49+,50-,51+,52+,53+,54+,55+,56+,57+,58+,59+,60-,61-,62-,63+,64?,65+,66-,67-,68-,69-,70-,71-,72-,73-,74-/m0/s1. The molecule has 133 heavy (non-hydrogen) atoms. The predicted molar refractivity (Wildman–Crippen MR) is 407 cm³/mol. The minimum absolute atomic E-state index is 0.905. The van der Waals surface area contributed by atoms with E-state index >= 15 is 0 Å². The van der Waals surface area contributed by atoms with Gasteiger partial charge < -0.3 is 274 Å². The lowest BCUT2D eigenvalue weighted by atomic mass is 9.93. The Morgan fingerprint density at radius 1 is 0.211 bits per heavy atom. The molecule has 0 radical (unpaired) electrons. The molecular weight excluding hydrogens is 1820 g/mol. The zero-order valence-electron chi connectivity index (χ0n) is 71.4. The summed E-state index contributed by atoms with van der Waals surface area (Å²) in [4.78, 5) is 52.2. The first-order valence-corrected chi connectivity index (χ1v) is 42.5. The summed E-state index contributed by atoms with van der Waals surface area (Å²) in [5.74, 6) is -3.85. The molecule has 0 spiro atoms. The number of aliphatic hydroxyl groups is 30. The topological polar surface area (TPSA) is 917 Å². The zero-order valence-corrected chi connectivity index (χ0v) is 71.4. The Labute approximate surface area is 752 Å². The molecule has 34 N–H and O–H groups in total. The van der Waals surface area contributed by atoms with E-state index in [0.29, 0.717) is 0 Å². The van der Waals surface area contributed by atoms with Gasteiger partial charge in [0.15, 0.2) is 69.2 Å². The number of rotatable bonds is 34. The fraction of sp³-hybridized carbons (Fsp3) is 0.946. The van der Waals surface area contributed by atoms with Gasteiger partial charge in [-0.05, 0) is 6.92 Å². The largest absolute Gasteiger partial charge is 0.394 e. The second kappa shape index (κ2) is 47.6. The van der Waals surface area contributed by atoms with Crippen LogP contribution in [0.15, 0.2) is 0 Å². The van der Waals surface area contributed by atoms with Crippen molar-refractivity contribution < 1.29 is 272 Å². The number of hydrogen-bond donors (Lipinski definition) is 34. The lowest BCUT2D eigenvalue weighted by molar-refractivity contribution is -0.393. The molecular formula is C74H124N4O55. The summed E-state index contributed by atoms with van der Waals surface area (Å²) in [6, 6.07) is -7.77. The van der Waals surface area contributed by atoms with Crippen molar-refractivity contribution in [3.05, 3.63) is 0 Å². The van der Waals surface area contributed by atoms with Crippen LogP contribution in [0.5, 0.6) is 0 Å². The summed E-state index contributed by atoms with van der Waals surface area (Å²) in [6.45, 7) is -6.17. The van der Waals surface area contributed by atoms with E-state index in [1.807, 2.05) is 0 Å². The SMILES string of the molecule is CC(=O)N[C@H]1[C@H](OC[C@H]2O[C@@H](O[C@H]3[C@H](O)[C@@H](O)C(O)O[C@@H]3CO)[C@H](O)[C@@H](O[C@@H]3O[C@H](CO)[C@@H](O[C@@H]4O[C@H](CO)[C@H](O)[C@H](O)[C@H]4O[C@@H]4O[C@@H](C)[C@@H](O)[C@@H](O)[C@@H]4O)[C@H](O)[C@H]3NC(C)=O)[C@H]2O)O[C@H](CO)[C@@H](O[C@@H]2O[C@H](CO)[C@H](O)[C@H](O[C@@H]3O[C@H](CO)[C@@H](O[C@@H]4O[C@H](CO)[C@H](O)[C@H](O[C@@H]5O[C@H](CO)[C@@H](O)[C@H](O[C@@H]6O[C@H](CO)[C@H](O)[C@H](O)[C@H]6O)[C@H]5NC(C)=O)[C@H]4O)[C@H](O)[C@H]3NC(C)=O)[C@H]2O)[C@@H]1O. The Morgan fingerprint density at radius 3 is 0.857 bits per heavy atom. The van der Waals surface area contributed by atoms with Gasteiger partial charge in [0.1, 0.15) is 262 Å². The highest BCUT2D eigenvalue weighted by Gasteiger charge is 2.63. The Balaban J connectivity index is 0.803. The van der Waals surface area contributed by atoms with Crippen molar-refractivity contribution >= 4 is 23.6 Å². The van der Waals surface area contributed by atoms with Crippen LogP contribution in [0.4, 0.5) is 0 Å². The third-order valence-electron chi connectivity index (χ3n) is 24.5. The summed E-state index contributed by atoms with van der Waals surface area (Å²) < 4.78 is 124. The number of nitrogens with one attached hydrogen (secondary N) is 4. The van der Waals surface area contributed by atoms with Crippen LogP contribution in [0.1, 0.15) is 34.6 Å². The van der Waals surface area contributed by atoms with Gasteiger partial charge in [0.05, 0.1) is 72.2 Å². The van der Waals surface area contributed by atoms with E-state index in [2.05, 4.69) is 21.3 Å². The molecule has 0 aliphatic carbocycles. The van der Waals surface area contributed by atoms with Crippen molar-refractivity contribution in [1.82, 2.24) is 21.3 Å². The molecule has 11 rings (SSSR count). The maximum Gasteiger partial charge on any atom is 0.217 e. The van der Waals surface area contributed by atoms with Gasteiger partial charge in [-0.15, -0.1) is 0 Å². The van der Waals surface area contributed by atoms with E-state index in [0.717, 1.165) is 27.7 Å². The molecule has 770 valence electrons. The number of carbonyl (C=O) groups is 4. The van der Waals surface area contributed by atoms with Crippen LogP contribution in [-0.4, -0.2) is 580 Å². The molecule has 0 saturated carbocycles. The van der Waals surface area contributed by atoms with Crippen molar-refractivity contribution in [3.63, 3.8) is 0 Å². The molecule has 0 bridgehead atoms. The van der Waals surface area contributed by atoms with Gasteiger partial charge in [0.25, 0.3) is 0 Å². The summed E-state index contributed by atoms with van der Waals surface area (Å²) >= 11 is 0. The van der Waals surface area contributed by atoms with E-state index in [1.165, 1.54) is 6.92 Å². The highest BCUT2D eigenvalue weighted by Crippen LogP contribution is 2.42. The van der Waals surface area contributed by atoms with Crippen molar-refractivity contribution in [1.29, 1.82) is 0 Å². The molecule has 55 atom stereocenters. The summed E-state index contributed by atoms with van der Waals surface area (Å²) in [5, 5.41) is 343. The molecule has 0 aromatic heterocycles. The van der Waals surface area contributed by atoms with E-state index < -0.39 is 427 Å². The average molecular weight is 1950 g/mol. The van der Waals surface area contributed by atoms with Gasteiger partial charge in [0, 0.05) is 27.7 Å². The third-order valence-corrected chi connectivity index (χ3v) is 24.5. The second-order valence-electron chi connectivity index (χ2n) is 33.8. The van der Waals surface area contributed by atoms with Gasteiger partial charge in [-0.2, -0.15) is 0 Å². The van der Waals surface area contributed by atoms with Crippen LogP contribution in [0.3, 0.4) is 0 Å². The molecule has 11 aliphatic rings. The minimum atomic E-state index is -2.44. The van der Waals surface area contributed by atoms with Crippen LogP contribution in [0.25, 0.3) is 0 Å². The van der Waals surface area contributed by atoms with Crippen molar-refractivity contribution in [2.24, 2.45) is 0 Å². The minimum Gasteiger partial charge on any atom is -0.394 e. The second-order valence-corrected chi connectivity index (χ2v) is 33.8. The maximum atomic E-state index is 13.2. The van der Waals surface area contributed by atoms with E-state index in [9.17, 15) is 172 Å². The molecule has 11 heterocycles. The number of carbonyl (C=O) groups excluding carboxylic acids is 4. The molecule has 59 nitrogen and oxygen atoms in total. The van der Waals surface area contributed by atoms with Gasteiger partial charge in [0.2, 0.25) is 23.6 Å². The van der Waals surface area contributed by atoms with Gasteiger partial charge in [-0.3, -0.25) is 19.2 Å². The van der Waals surface area contributed by atoms with Crippen LogP contribution in [0.2, 0.25) is 0 Å². The van der Waals surface area contributed by atoms with Crippen LogP contribution in [0, 0.1) is 0 Å². The van der Waals surface area contributed by atoms with E-state index in [-0.39, 0.29) is 0 Å². The quantitative estimate of drug-likeness (QED) is 0.0284. The fourth-order valence-electron chi connectivity index (χ4n) is 17.4. The van der Waals surface area contributed by atoms with Gasteiger partial charge >= 0.3 is 0 Å². The van der Waals surface area contributed by atoms with E-state index in [1.54, 1.807) is 0 Å². The average Bonchev–Trinajstić information content (AvgIpc) is 0.765. The number of ether oxygens (including phenoxy) is 21. The Bertz CT molecular complexity index is 3630. The number of amides is 4. The monoisotopic (exact) mass is 1950 g/mol. The third kappa shape index (κ3) is 23.9. The molecule has 11 saturated heterocycles. The Kier molecular flexibility index (Phi) is 39.1. The lowest BCUT2D eigenvalue weighted by Gasteiger charge is -2.51. The summed E-state index contributed by atoms with van der Waals surface area (Å²) in [7, 11) is 0. The van der Waals surface area contributed by atoms with Crippen LogP contribution >= 0.6 is 0 Å². The zero-order chi connectivity index (χ0) is 97.8. The molecule has 11 fully saturated rings. The van der Waals surface area contributed by atoms with Crippen molar-refractivity contribution in [3.8, 4) is 0 Å². The van der Waals surface area contributed by atoms with E-state index in [4.69, 9.17) is 99.5 Å². The van der Waals surface area contributed by atoms with Gasteiger partial charge in [-0.25, -0.2) is 0 Å². The molecule has 1 unspecified atom stereocenters. The molecule has 59 heteroatoms. The van der Waals surface area contributed by atoms with Crippen LogP contribution in [-0.2, 0) is 119 Å². The van der Waals surface area contributed by atoms with Crippen LogP contribution < -0.4 is 21.3 Å². The predicted octanol–water partition coefficient (Wildman–Crippen LogP) is -23.4. The maximum absolute atomic E-state index is 13.2. The first-order valence-electron chi connectivity index (χ1n) is 42.5. The number of aliphatic hydroxyl groups excluding tert-OH is 30. The van der Waals surface area contributed by atoms with Crippen molar-refractivity contribution in [2.75, 3.05) is 66.1 Å². The number of hydrogen-bond acceptors (Lipinski definition) is 55. The van der Waals surface area contributed by atoms with Crippen molar-refractivity contribution in [2.45, 2.75) is 372 Å². The highest BCUT2D eigenvalue weighted by molar-refractivity contribution is 5.74.